The number of piperidine rings is 1. The van der Waals surface area contributed by atoms with Crippen LogP contribution in [0.2, 0.25) is 0 Å². The van der Waals surface area contributed by atoms with Crippen LogP contribution in [0.25, 0.3) is 0 Å². The molecule has 0 bridgehead atoms. The maximum Gasteiger partial charge on any atom is 0.232 e. The first kappa shape index (κ1) is 17.9. The van der Waals surface area contributed by atoms with Gasteiger partial charge in [-0.15, -0.1) is 11.8 Å². The van der Waals surface area contributed by atoms with E-state index in [4.69, 9.17) is 5.73 Å². The highest BCUT2D eigenvalue weighted by Gasteiger charge is 2.26. The van der Waals surface area contributed by atoms with Crippen LogP contribution in [-0.4, -0.2) is 35.6 Å². The molecule has 126 valence electrons. The fourth-order valence-corrected chi connectivity index (χ4v) is 3.52. The number of carbonyl (C=O) groups is 2. The highest BCUT2D eigenvalue weighted by molar-refractivity contribution is 8.00. The van der Waals surface area contributed by atoms with Crippen molar-refractivity contribution in [3.8, 4) is 0 Å². The summed E-state index contributed by atoms with van der Waals surface area (Å²) in [5.74, 6) is -0.00193. The Morgan fingerprint density at radius 3 is 2.48 bits per heavy atom. The zero-order valence-electron chi connectivity index (χ0n) is 14.2. The Morgan fingerprint density at radius 1 is 1.26 bits per heavy atom. The zero-order valence-corrected chi connectivity index (χ0v) is 15.0. The van der Waals surface area contributed by atoms with E-state index in [1.807, 2.05) is 0 Å². The van der Waals surface area contributed by atoms with Crippen molar-refractivity contribution in [1.82, 2.24) is 4.90 Å². The van der Waals surface area contributed by atoms with E-state index in [2.05, 4.69) is 45.0 Å². The quantitative estimate of drug-likeness (QED) is 0.861. The first-order valence-electron chi connectivity index (χ1n) is 8.08. The molecule has 1 fully saturated rings. The van der Waals surface area contributed by atoms with Gasteiger partial charge in [0.15, 0.2) is 0 Å². The molecule has 5 heteroatoms. The van der Waals surface area contributed by atoms with E-state index in [-0.39, 0.29) is 23.1 Å². The van der Waals surface area contributed by atoms with Gasteiger partial charge in [-0.25, -0.2) is 0 Å². The molecule has 2 N–H and O–H groups in total. The lowest BCUT2D eigenvalue weighted by atomic mass is 9.87. The second-order valence-electron chi connectivity index (χ2n) is 7.14. The minimum atomic E-state index is -0.298. The van der Waals surface area contributed by atoms with Crippen LogP contribution in [0.15, 0.2) is 29.2 Å². The number of likely N-dealkylation sites (tertiary alicyclic amines) is 1. The molecule has 0 saturated carbocycles. The van der Waals surface area contributed by atoms with Crippen molar-refractivity contribution in [1.29, 1.82) is 0 Å². The molecule has 0 unspecified atom stereocenters. The Kier molecular flexibility index (Phi) is 5.74. The van der Waals surface area contributed by atoms with Crippen LogP contribution in [0.5, 0.6) is 0 Å². The van der Waals surface area contributed by atoms with Gasteiger partial charge in [-0.1, -0.05) is 32.9 Å². The fourth-order valence-electron chi connectivity index (χ4n) is 2.72. The number of nitrogens with two attached hydrogens (primary N) is 1. The van der Waals surface area contributed by atoms with Crippen molar-refractivity contribution in [2.75, 3.05) is 18.8 Å². The van der Waals surface area contributed by atoms with Gasteiger partial charge in [0.1, 0.15) is 0 Å². The fraction of sp³-hybridized carbons (Fsp3) is 0.556. The van der Waals surface area contributed by atoms with Gasteiger partial charge >= 0.3 is 0 Å². The molecular formula is C18H26N2O2S. The third-order valence-electron chi connectivity index (χ3n) is 4.26. The number of primary amides is 1. The molecule has 23 heavy (non-hydrogen) atoms. The Labute approximate surface area is 142 Å². The van der Waals surface area contributed by atoms with Gasteiger partial charge in [-0.2, -0.15) is 0 Å². The molecule has 1 atom stereocenters. The summed E-state index contributed by atoms with van der Waals surface area (Å²) in [7, 11) is 0. The topological polar surface area (TPSA) is 63.4 Å². The maximum atomic E-state index is 12.3. The van der Waals surface area contributed by atoms with Crippen LogP contribution < -0.4 is 5.73 Å². The molecule has 0 aliphatic carbocycles. The molecule has 1 aromatic carbocycles. The summed E-state index contributed by atoms with van der Waals surface area (Å²) < 4.78 is 0. The third kappa shape index (κ3) is 4.99. The molecule has 2 amide bonds. The van der Waals surface area contributed by atoms with Gasteiger partial charge < -0.3 is 10.6 Å². The zero-order chi connectivity index (χ0) is 17.0. The lowest BCUT2D eigenvalue weighted by molar-refractivity contribution is -0.132. The molecule has 1 saturated heterocycles. The van der Waals surface area contributed by atoms with E-state index < -0.39 is 0 Å². The van der Waals surface area contributed by atoms with Crippen LogP contribution in [0.4, 0.5) is 0 Å². The summed E-state index contributed by atoms with van der Waals surface area (Å²) >= 11 is 1.54. The van der Waals surface area contributed by atoms with Gasteiger partial charge in [0.05, 0.1) is 11.7 Å². The number of hydrogen-bond acceptors (Lipinski definition) is 3. The lowest BCUT2D eigenvalue weighted by Gasteiger charge is -2.31. The summed E-state index contributed by atoms with van der Waals surface area (Å²) in [6.07, 6.45) is 1.64. The molecule has 1 heterocycles. The minimum Gasteiger partial charge on any atom is -0.369 e. The molecule has 2 rings (SSSR count). The summed E-state index contributed by atoms with van der Waals surface area (Å²) in [5.41, 5.74) is 6.78. The molecular weight excluding hydrogens is 308 g/mol. The maximum absolute atomic E-state index is 12.3. The molecule has 0 spiro atoms. The van der Waals surface area contributed by atoms with E-state index in [0.29, 0.717) is 12.3 Å². The Morgan fingerprint density at radius 2 is 1.91 bits per heavy atom. The SMILES string of the molecule is CC(C)(C)c1ccc(SCC(=O)N2CCC[C@@H](C(N)=O)C2)cc1. The number of thioether (sulfide) groups is 1. The molecule has 1 aliphatic rings. The Hall–Kier alpha value is -1.49. The number of hydrogen-bond donors (Lipinski definition) is 1. The van der Waals surface area contributed by atoms with Crippen LogP contribution in [0.3, 0.4) is 0 Å². The number of nitrogens with zero attached hydrogens (tertiary/aromatic N) is 1. The average molecular weight is 334 g/mol. The van der Waals surface area contributed by atoms with Crippen molar-refractivity contribution in [3.05, 3.63) is 29.8 Å². The summed E-state index contributed by atoms with van der Waals surface area (Å²) in [6, 6.07) is 8.38. The number of amides is 2. The summed E-state index contributed by atoms with van der Waals surface area (Å²) in [5, 5.41) is 0. The van der Waals surface area contributed by atoms with Crippen molar-refractivity contribution in [3.63, 3.8) is 0 Å². The van der Waals surface area contributed by atoms with Crippen molar-refractivity contribution in [2.45, 2.75) is 43.9 Å². The third-order valence-corrected chi connectivity index (χ3v) is 5.26. The monoisotopic (exact) mass is 334 g/mol. The second-order valence-corrected chi connectivity index (χ2v) is 8.19. The summed E-state index contributed by atoms with van der Waals surface area (Å²) in [6.45, 7) is 7.75. The van der Waals surface area contributed by atoms with E-state index in [0.717, 1.165) is 24.3 Å². The van der Waals surface area contributed by atoms with Gasteiger partial charge in [-0.3, -0.25) is 9.59 Å². The first-order chi connectivity index (χ1) is 10.8. The van der Waals surface area contributed by atoms with Gasteiger partial charge in [0.25, 0.3) is 0 Å². The molecule has 4 nitrogen and oxygen atoms in total. The number of rotatable bonds is 4. The van der Waals surface area contributed by atoms with E-state index >= 15 is 0 Å². The predicted molar refractivity (Wildman–Crippen MR) is 94.4 cm³/mol. The smallest absolute Gasteiger partial charge is 0.232 e. The molecule has 1 aliphatic heterocycles. The number of benzene rings is 1. The minimum absolute atomic E-state index is 0.0841. The van der Waals surface area contributed by atoms with E-state index in [1.165, 1.54) is 5.56 Å². The van der Waals surface area contributed by atoms with Crippen LogP contribution in [0.1, 0.15) is 39.2 Å². The summed E-state index contributed by atoms with van der Waals surface area (Å²) in [4.78, 5) is 26.5. The molecule has 0 radical (unpaired) electrons. The van der Waals surface area contributed by atoms with E-state index in [1.54, 1.807) is 16.7 Å². The Bertz CT molecular complexity index is 563. The predicted octanol–water partition coefficient (Wildman–Crippen LogP) is 2.80. The van der Waals surface area contributed by atoms with E-state index in [9.17, 15) is 9.59 Å². The molecule has 1 aromatic rings. The van der Waals surface area contributed by atoms with Crippen LogP contribution in [-0.2, 0) is 15.0 Å². The van der Waals surface area contributed by atoms with Crippen LogP contribution in [0, 0.1) is 5.92 Å². The van der Waals surface area contributed by atoms with Gasteiger partial charge in [0, 0.05) is 18.0 Å². The van der Waals surface area contributed by atoms with Gasteiger partial charge in [-0.05, 0) is 36.0 Å². The molecule has 0 aromatic heterocycles. The van der Waals surface area contributed by atoms with Crippen molar-refractivity contribution >= 4 is 23.6 Å². The average Bonchev–Trinajstić information content (AvgIpc) is 2.52. The Balaban J connectivity index is 1.88. The van der Waals surface area contributed by atoms with Crippen molar-refractivity contribution < 1.29 is 9.59 Å². The van der Waals surface area contributed by atoms with Crippen molar-refractivity contribution in [2.24, 2.45) is 11.7 Å². The van der Waals surface area contributed by atoms with Gasteiger partial charge in [0.2, 0.25) is 11.8 Å². The lowest BCUT2D eigenvalue weighted by Crippen LogP contribution is -2.44. The number of carbonyl (C=O) groups excluding carboxylic acids is 2. The highest BCUT2D eigenvalue weighted by atomic mass is 32.2. The normalized spacial score (nSPS) is 18.7. The largest absolute Gasteiger partial charge is 0.369 e. The van der Waals surface area contributed by atoms with Crippen LogP contribution >= 0.6 is 11.8 Å². The standard InChI is InChI=1S/C18H26N2O2S/c1-18(2,3)14-6-8-15(9-7-14)23-12-16(21)20-10-4-5-13(11-20)17(19)22/h6-9,13H,4-5,10-12H2,1-3H3,(H2,19,22)/t13-/m1/s1. The second kappa shape index (κ2) is 7.39. The highest BCUT2D eigenvalue weighted by Crippen LogP contribution is 2.26. The first-order valence-corrected chi connectivity index (χ1v) is 9.06.